The Bertz CT molecular complexity index is 2880. The molecule has 6 heterocycles. The lowest BCUT2D eigenvalue weighted by Gasteiger charge is -2.20. The predicted octanol–water partition coefficient (Wildman–Crippen LogP) is 7.71. The zero-order chi connectivity index (χ0) is 43.1. The van der Waals surface area contributed by atoms with Crippen LogP contribution in [0.1, 0.15) is 62.3 Å². The number of hydrogen-bond acceptors (Lipinski definition) is 9. The van der Waals surface area contributed by atoms with Crippen molar-refractivity contribution in [1.29, 1.82) is 0 Å². The van der Waals surface area contributed by atoms with E-state index >= 15 is 0 Å². The third kappa shape index (κ3) is 9.39. The summed E-state index contributed by atoms with van der Waals surface area (Å²) in [6.45, 7) is 19.3. The van der Waals surface area contributed by atoms with Gasteiger partial charge in [0.1, 0.15) is 29.4 Å². The number of benzene rings is 2. The van der Waals surface area contributed by atoms with E-state index in [1.165, 1.54) is 24.3 Å². The van der Waals surface area contributed by atoms with Crippen LogP contribution in [-0.2, 0) is 11.5 Å². The Kier molecular flexibility index (Phi) is 11.1. The SMILES string of the molecule is CC(C)(C)NC(=O)c1c[nH]c2ncc(-n3ncc4cc(F)ccc43)nc12.CC(C)(C)NC(=O)c1cn(COCC[Si](C)(C)C)c2ncc(-n3ncc4cc(F)ccc43)nc12. The lowest BCUT2D eigenvalue weighted by atomic mass is 10.1. The van der Waals surface area contributed by atoms with Crippen LogP contribution in [0.5, 0.6) is 0 Å². The molecule has 60 heavy (non-hydrogen) atoms. The number of amides is 2. The molecule has 8 aromatic rings. The molecule has 0 spiro atoms. The van der Waals surface area contributed by atoms with Gasteiger partial charge < -0.3 is 24.9 Å². The van der Waals surface area contributed by atoms with Crippen molar-refractivity contribution in [2.45, 2.75) is 85.0 Å². The number of aromatic amines is 1. The zero-order valence-electron chi connectivity index (χ0n) is 35.1. The number of carbonyl (C=O) groups is 2. The lowest BCUT2D eigenvalue weighted by Crippen LogP contribution is -2.40. The molecule has 3 N–H and O–H groups in total. The van der Waals surface area contributed by atoms with Crippen molar-refractivity contribution in [1.82, 2.24) is 59.7 Å². The Labute approximate surface area is 345 Å². The molecule has 18 heteroatoms. The fourth-order valence-corrected chi connectivity index (χ4v) is 7.05. The minimum atomic E-state index is -1.21. The topological polar surface area (TPSA) is 175 Å². The molecule has 2 aromatic carbocycles. The van der Waals surface area contributed by atoms with E-state index in [4.69, 9.17) is 9.72 Å². The van der Waals surface area contributed by atoms with Gasteiger partial charge in [-0.25, -0.2) is 38.1 Å². The van der Waals surface area contributed by atoms with E-state index in [2.05, 4.69) is 60.4 Å². The van der Waals surface area contributed by atoms with Gasteiger partial charge in [0, 0.05) is 48.9 Å². The number of fused-ring (bicyclic) bond motifs is 4. The predicted molar refractivity (Wildman–Crippen MR) is 229 cm³/mol. The summed E-state index contributed by atoms with van der Waals surface area (Å²) < 4.78 is 37.9. The average molecular weight is 835 g/mol. The highest BCUT2D eigenvalue weighted by molar-refractivity contribution is 6.76. The van der Waals surface area contributed by atoms with Gasteiger partial charge in [0.05, 0.1) is 46.9 Å². The zero-order valence-corrected chi connectivity index (χ0v) is 36.1. The van der Waals surface area contributed by atoms with Crippen molar-refractivity contribution in [2.24, 2.45) is 0 Å². The third-order valence-corrected chi connectivity index (χ3v) is 10.8. The molecule has 0 radical (unpaired) electrons. The van der Waals surface area contributed by atoms with Crippen LogP contribution in [0.3, 0.4) is 0 Å². The van der Waals surface area contributed by atoms with E-state index in [1.54, 1.807) is 58.7 Å². The molecule has 2 amide bonds. The van der Waals surface area contributed by atoms with Crippen LogP contribution in [0.4, 0.5) is 8.78 Å². The van der Waals surface area contributed by atoms with Crippen molar-refractivity contribution < 1.29 is 23.1 Å². The van der Waals surface area contributed by atoms with Gasteiger partial charge in [0.25, 0.3) is 11.8 Å². The van der Waals surface area contributed by atoms with Gasteiger partial charge in [0.15, 0.2) is 22.9 Å². The standard InChI is InChI=1S/C24H31FN6O2Si.C18H17FN6O/c1-24(2,3)29-23(32)18-14-30(15-33-9-10-34(4,5)6)22-21(18)28-20(13-26-22)31-19-8-7-17(25)11-16(19)12-27-31;1-18(2,3)24-17(26)12-8-20-16-15(12)23-14(9-21-16)25-13-5-4-11(19)6-10(13)7-22-25/h7-8,11-14H,9-10,15H2,1-6H3,(H,29,32);4-9H,1-3H3,(H,20,21)(H,24,26). The molecule has 0 aliphatic rings. The average Bonchev–Trinajstić information content (AvgIpc) is 3.95. The van der Waals surface area contributed by atoms with Gasteiger partial charge in [0.2, 0.25) is 0 Å². The van der Waals surface area contributed by atoms with Gasteiger partial charge in [-0.1, -0.05) is 19.6 Å². The summed E-state index contributed by atoms with van der Waals surface area (Å²) >= 11 is 0. The second-order valence-corrected chi connectivity index (χ2v) is 23.4. The van der Waals surface area contributed by atoms with Gasteiger partial charge in [-0.15, -0.1) is 0 Å². The molecular weight excluding hydrogens is 787 g/mol. The summed E-state index contributed by atoms with van der Waals surface area (Å²) in [6.07, 6.45) is 9.62. The number of H-pyrrole nitrogens is 1. The third-order valence-electron chi connectivity index (χ3n) is 9.11. The fourth-order valence-electron chi connectivity index (χ4n) is 6.30. The number of hydrogen-bond donors (Lipinski definition) is 3. The first-order chi connectivity index (χ1) is 28.2. The summed E-state index contributed by atoms with van der Waals surface area (Å²) in [7, 11) is -1.21. The van der Waals surface area contributed by atoms with Crippen molar-refractivity contribution in [2.75, 3.05) is 6.61 Å². The van der Waals surface area contributed by atoms with Gasteiger partial charge in [-0.2, -0.15) is 10.2 Å². The van der Waals surface area contributed by atoms with E-state index in [0.29, 0.717) is 73.5 Å². The van der Waals surface area contributed by atoms with Crippen LogP contribution in [0.15, 0.2) is 73.6 Å². The molecule has 0 atom stereocenters. The molecule has 0 aliphatic carbocycles. The van der Waals surface area contributed by atoms with Crippen molar-refractivity contribution in [3.05, 3.63) is 96.3 Å². The van der Waals surface area contributed by atoms with Crippen LogP contribution in [0, 0.1) is 11.6 Å². The van der Waals surface area contributed by atoms with Crippen molar-refractivity contribution >= 4 is 64.0 Å². The lowest BCUT2D eigenvalue weighted by molar-refractivity contribution is 0.0884. The van der Waals surface area contributed by atoms with Crippen LogP contribution in [0.2, 0.25) is 25.7 Å². The molecule has 0 fully saturated rings. The Hall–Kier alpha value is -6.40. The molecule has 0 bridgehead atoms. The molecule has 6 aromatic heterocycles. The highest BCUT2D eigenvalue weighted by Crippen LogP contribution is 2.24. The van der Waals surface area contributed by atoms with E-state index in [-0.39, 0.29) is 35.7 Å². The highest BCUT2D eigenvalue weighted by atomic mass is 28.3. The maximum absolute atomic E-state index is 13.6. The first-order valence-electron chi connectivity index (χ1n) is 19.4. The van der Waals surface area contributed by atoms with E-state index in [0.717, 1.165) is 6.04 Å². The van der Waals surface area contributed by atoms with Crippen LogP contribution in [0.25, 0.3) is 55.8 Å². The number of nitrogens with one attached hydrogen (secondary N) is 3. The van der Waals surface area contributed by atoms with Crippen molar-refractivity contribution in [3.8, 4) is 11.6 Å². The second kappa shape index (κ2) is 16.0. The summed E-state index contributed by atoms with van der Waals surface area (Å²) in [5, 5.41) is 15.9. The van der Waals surface area contributed by atoms with Crippen molar-refractivity contribution in [3.63, 3.8) is 0 Å². The summed E-state index contributed by atoms with van der Waals surface area (Å²) in [5.74, 6) is -0.245. The van der Waals surface area contributed by atoms with Crippen LogP contribution in [-0.4, -0.2) is 86.6 Å². The highest BCUT2D eigenvalue weighted by Gasteiger charge is 2.24. The second-order valence-electron chi connectivity index (χ2n) is 17.8. The molecule has 312 valence electrons. The maximum Gasteiger partial charge on any atom is 0.255 e. The first kappa shape index (κ1) is 41.7. The Morgan fingerprint density at radius 3 is 1.83 bits per heavy atom. The quantitative estimate of drug-likeness (QED) is 0.0972. The van der Waals surface area contributed by atoms with Crippen LogP contribution >= 0.6 is 0 Å². The number of halogens is 2. The largest absolute Gasteiger partial charge is 0.361 e. The fraction of sp³-hybridized carbons (Fsp3) is 0.333. The minimum absolute atomic E-state index is 0.234. The monoisotopic (exact) mass is 834 g/mol. The number of carbonyl (C=O) groups excluding carboxylic acids is 2. The van der Waals surface area contributed by atoms with Gasteiger partial charge in [-0.05, 0) is 84.0 Å². The molecule has 15 nitrogen and oxygen atoms in total. The number of nitrogens with zero attached hydrogens (tertiary/aromatic N) is 9. The number of ether oxygens (including phenoxy) is 1. The van der Waals surface area contributed by atoms with E-state index in [1.807, 2.05) is 46.1 Å². The summed E-state index contributed by atoms with van der Waals surface area (Å²) in [5.41, 5.74) is 3.42. The Balaban J connectivity index is 0.000000188. The molecule has 0 saturated heterocycles. The van der Waals surface area contributed by atoms with E-state index < -0.39 is 13.6 Å². The van der Waals surface area contributed by atoms with E-state index in [9.17, 15) is 18.4 Å². The first-order valence-corrected chi connectivity index (χ1v) is 23.1. The normalized spacial score (nSPS) is 12.3. The Morgan fingerprint density at radius 2 is 1.28 bits per heavy atom. The number of rotatable bonds is 9. The molecule has 0 saturated carbocycles. The minimum Gasteiger partial charge on any atom is -0.361 e. The molecule has 0 unspecified atom stereocenters. The van der Waals surface area contributed by atoms with Crippen LogP contribution < -0.4 is 10.6 Å². The molecule has 8 rings (SSSR count). The summed E-state index contributed by atoms with van der Waals surface area (Å²) in [4.78, 5) is 46.8. The summed E-state index contributed by atoms with van der Waals surface area (Å²) in [6, 6.07) is 9.90. The number of aromatic nitrogens is 10. The molecular formula is C42H48F2N12O3Si. The maximum atomic E-state index is 13.6. The van der Waals surface area contributed by atoms with Gasteiger partial charge >= 0.3 is 0 Å². The smallest absolute Gasteiger partial charge is 0.255 e. The molecule has 0 aliphatic heterocycles. The Morgan fingerprint density at radius 1 is 0.750 bits per heavy atom. The van der Waals surface area contributed by atoms with Gasteiger partial charge in [-0.3, -0.25) is 9.59 Å².